The summed E-state index contributed by atoms with van der Waals surface area (Å²) in [4.78, 5) is 42.1. The van der Waals surface area contributed by atoms with E-state index < -0.39 is 6.04 Å². The number of likely N-dealkylation sites (tertiary alicyclic amines) is 1. The van der Waals surface area contributed by atoms with Crippen LogP contribution >= 0.6 is 0 Å². The number of Topliss-reactive ketones (excluding diaryl/α,β-unsaturated/α-hetero) is 1. The lowest BCUT2D eigenvalue weighted by Gasteiger charge is -2.39. The molecule has 8 nitrogen and oxygen atoms in total. The van der Waals surface area contributed by atoms with Crippen LogP contribution in [0.3, 0.4) is 0 Å². The lowest BCUT2D eigenvalue weighted by Crippen LogP contribution is -2.59. The molecule has 6 atom stereocenters. The molecule has 0 radical (unpaired) electrons. The smallest absolute Gasteiger partial charge is 0.315 e. The van der Waals surface area contributed by atoms with E-state index in [1.807, 2.05) is 32.6 Å². The summed E-state index contributed by atoms with van der Waals surface area (Å²) in [6, 6.07) is -1.42. The SMILES string of the molecule is C#CCCC(CC(=C)C(=C)NCC=C)NC(=C)C1[C@@H]2[C@H](CN1C(=O)C(NC(=O)NC(CCC(C)=O)C(C)(C)C)C1CCCCC1)C2(C)C.CC.CC.CCC. The van der Waals surface area contributed by atoms with Crippen molar-refractivity contribution in [1.29, 1.82) is 0 Å². The Kier molecular flexibility index (Phi) is 24.0. The fourth-order valence-corrected chi connectivity index (χ4v) is 7.92. The summed E-state index contributed by atoms with van der Waals surface area (Å²) in [5.41, 5.74) is 2.30. The van der Waals surface area contributed by atoms with Crippen LogP contribution in [-0.4, -0.2) is 59.9 Å². The van der Waals surface area contributed by atoms with Gasteiger partial charge in [0.1, 0.15) is 11.8 Å². The summed E-state index contributed by atoms with van der Waals surface area (Å²) in [6.07, 6.45) is 16.6. The molecule has 0 aromatic rings. The number of carbonyl (C=O) groups excluding carboxylic acids is 3. The second-order valence-electron chi connectivity index (χ2n) is 16.8. The highest BCUT2D eigenvalue weighted by atomic mass is 16.2. The Morgan fingerprint density at radius 3 is 2.05 bits per heavy atom. The van der Waals surface area contributed by atoms with Gasteiger partial charge in [-0.2, -0.15) is 0 Å². The number of hydrogen-bond donors (Lipinski definition) is 4. The van der Waals surface area contributed by atoms with Crippen LogP contribution in [0.2, 0.25) is 0 Å². The first-order chi connectivity index (χ1) is 25.9. The highest BCUT2D eigenvalue weighted by molar-refractivity contribution is 5.88. The standard InChI is InChI=1S/C40H63N5O3.C3H8.2C2H6/c1-12-14-20-31(24-26(3)28(5)41-23-13-2)42-29(6)36-34-32(40(34,10)11)25-45(36)37(47)35(30-18-16-15-17-19-30)44-38(48)43-33(39(7,8)9)22-21-27(4)46;1-3-2;2*1-2/h1,13,30-36,41-42H,2-3,5-6,14-25H2,4,7-11H3,(H2,43,44,48);3H2,1-2H3;2*1-2H3/t31?,32-,33?,34-,35?,36?;;;/m0.../s1. The van der Waals surface area contributed by atoms with Crippen molar-refractivity contribution in [2.75, 3.05) is 13.1 Å². The van der Waals surface area contributed by atoms with Gasteiger partial charge in [0.05, 0.1) is 6.04 Å². The van der Waals surface area contributed by atoms with Crippen LogP contribution in [0, 0.1) is 40.9 Å². The Morgan fingerprint density at radius 1 is 0.964 bits per heavy atom. The fraction of sp³-hybridized carbons (Fsp3) is 0.723. The van der Waals surface area contributed by atoms with Gasteiger partial charge in [0.25, 0.3) is 0 Å². The van der Waals surface area contributed by atoms with Gasteiger partial charge in [-0.15, -0.1) is 18.9 Å². The van der Waals surface area contributed by atoms with Crippen LogP contribution in [0.25, 0.3) is 0 Å². The molecule has 3 rings (SSSR count). The lowest BCUT2D eigenvalue weighted by molar-refractivity contribution is -0.136. The van der Waals surface area contributed by atoms with Crippen LogP contribution in [0.5, 0.6) is 0 Å². The first kappa shape index (κ1) is 51.5. The van der Waals surface area contributed by atoms with Crippen LogP contribution in [0.1, 0.15) is 154 Å². The molecule has 2 saturated carbocycles. The van der Waals surface area contributed by atoms with E-state index in [1.54, 1.807) is 13.0 Å². The van der Waals surface area contributed by atoms with Gasteiger partial charge in [0.15, 0.2) is 0 Å². The van der Waals surface area contributed by atoms with Crippen molar-refractivity contribution in [2.24, 2.45) is 28.6 Å². The maximum atomic E-state index is 14.7. The van der Waals surface area contributed by atoms with Crippen molar-refractivity contribution in [3.8, 4) is 12.3 Å². The highest BCUT2D eigenvalue weighted by Crippen LogP contribution is 2.65. The zero-order valence-electron chi connectivity index (χ0n) is 37.4. The van der Waals surface area contributed by atoms with Crippen LogP contribution < -0.4 is 21.3 Å². The minimum atomic E-state index is -0.633. The number of amides is 3. The Labute approximate surface area is 338 Å². The fourth-order valence-electron chi connectivity index (χ4n) is 7.92. The number of allylic oxidation sites excluding steroid dienone is 1. The molecule has 1 aliphatic heterocycles. The molecule has 4 unspecified atom stereocenters. The van der Waals surface area contributed by atoms with Crippen LogP contribution in [0.15, 0.2) is 49.4 Å². The predicted molar refractivity (Wildman–Crippen MR) is 235 cm³/mol. The van der Waals surface area contributed by atoms with E-state index in [-0.39, 0.29) is 58.5 Å². The summed E-state index contributed by atoms with van der Waals surface area (Å²) in [6.45, 7) is 42.5. The molecule has 8 heteroatoms. The molecule has 314 valence electrons. The zero-order valence-corrected chi connectivity index (χ0v) is 37.4. The molecule has 0 aromatic heterocycles. The Balaban J connectivity index is 0.00000390. The average molecular weight is 766 g/mol. The number of carbonyl (C=O) groups is 3. The van der Waals surface area contributed by atoms with Gasteiger partial charge in [0.2, 0.25) is 5.91 Å². The van der Waals surface area contributed by atoms with Crippen LogP contribution in [0.4, 0.5) is 4.79 Å². The van der Waals surface area contributed by atoms with E-state index in [1.165, 1.54) is 6.42 Å². The van der Waals surface area contributed by atoms with Gasteiger partial charge in [-0.3, -0.25) is 4.79 Å². The molecular formula is C47H83N5O3. The largest absolute Gasteiger partial charge is 0.384 e. The van der Waals surface area contributed by atoms with Crippen molar-refractivity contribution in [2.45, 2.75) is 178 Å². The summed E-state index contributed by atoms with van der Waals surface area (Å²) >= 11 is 0. The van der Waals surface area contributed by atoms with Gasteiger partial charge in [0, 0.05) is 49.4 Å². The molecule has 3 fully saturated rings. The Hall–Kier alpha value is -3.47. The van der Waals surface area contributed by atoms with E-state index in [9.17, 15) is 14.4 Å². The number of piperidine rings is 1. The quantitative estimate of drug-likeness (QED) is 0.0632. The minimum Gasteiger partial charge on any atom is -0.384 e. The zero-order chi connectivity index (χ0) is 42.5. The summed E-state index contributed by atoms with van der Waals surface area (Å²) in [7, 11) is 0. The number of fused-ring (bicyclic) bond motifs is 1. The highest BCUT2D eigenvalue weighted by Gasteiger charge is 2.68. The molecular weight excluding hydrogens is 683 g/mol. The summed E-state index contributed by atoms with van der Waals surface area (Å²) < 4.78 is 0. The first-order valence-corrected chi connectivity index (χ1v) is 21.4. The van der Waals surface area contributed by atoms with E-state index in [0.717, 1.165) is 55.5 Å². The predicted octanol–water partition coefficient (Wildman–Crippen LogP) is 10.1. The van der Waals surface area contributed by atoms with Gasteiger partial charge in [-0.25, -0.2) is 4.79 Å². The van der Waals surface area contributed by atoms with Crippen molar-refractivity contribution < 1.29 is 14.4 Å². The normalized spacial score (nSPS) is 20.9. The number of urea groups is 1. The maximum Gasteiger partial charge on any atom is 0.315 e. The second-order valence-corrected chi connectivity index (χ2v) is 16.8. The third-order valence-corrected chi connectivity index (χ3v) is 11.1. The monoisotopic (exact) mass is 766 g/mol. The van der Waals surface area contributed by atoms with Crippen molar-refractivity contribution in [3.63, 3.8) is 0 Å². The topological polar surface area (TPSA) is 103 Å². The van der Waals surface area contributed by atoms with Crippen LogP contribution in [-0.2, 0) is 9.59 Å². The van der Waals surface area contributed by atoms with Gasteiger partial charge >= 0.3 is 6.03 Å². The maximum absolute atomic E-state index is 14.7. The molecule has 0 bridgehead atoms. The van der Waals surface area contributed by atoms with E-state index in [4.69, 9.17) is 6.42 Å². The second kappa shape index (κ2) is 25.6. The van der Waals surface area contributed by atoms with E-state index in [2.05, 4.69) is 102 Å². The first-order valence-electron chi connectivity index (χ1n) is 21.4. The number of nitrogens with zero attached hydrogens (tertiary/aromatic N) is 1. The Morgan fingerprint density at radius 2 is 1.55 bits per heavy atom. The molecule has 2 aliphatic carbocycles. The van der Waals surface area contributed by atoms with Crippen molar-refractivity contribution >= 4 is 17.7 Å². The number of nitrogens with one attached hydrogen (secondary N) is 4. The van der Waals surface area contributed by atoms with E-state index in [0.29, 0.717) is 44.7 Å². The third-order valence-electron chi connectivity index (χ3n) is 11.1. The summed E-state index contributed by atoms with van der Waals surface area (Å²) in [5.74, 6) is 3.53. The summed E-state index contributed by atoms with van der Waals surface area (Å²) in [5, 5.41) is 13.2. The average Bonchev–Trinajstić information content (AvgIpc) is 3.44. The van der Waals surface area contributed by atoms with Crippen molar-refractivity contribution in [1.82, 2.24) is 26.2 Å². The number of rotatable bonds is 18. The Bertz CT molecular complexity index is 1280. The van der Waals surface area contributed by atoms with Gasteiger partial charge in [-0.1, -0.05) is 128 Å². The van der Waals surface area contributed by atoms with Crippen molar-refractivity contribution in [3.05, 3.63) is 49.4 Å². The number of hydrogen-bond acceptors (Lipinski definition) is 5. The van der Waals surface area contributed by atoms with E-state index >= 15 is 0 Å². The van der Waals surface area contributed by atoms with Gasteiger partial charge in [-0.05, 0) is 73.2 Å². The molecule has 1 heterocycles. The third kappa shape index (κ3) is 16.3. The molecule has 3 aliphatic rings. The number of ketones is 1. The molecule has 4 N–H and O–H groups in total. The minimum absolute atomic E-state index is 0.0245. The van der Waals surface area contributed by atoms with Gasteiger partial charge < -0.3 is 31.0 Å². The lowest BCUT2D eigenvalue weighted by atomic mass is 9.82. The molecule has 0 spiro atoms. The molecule has 0 aromatic carbocycles. The number of terminal acetylenes is 1. The molecule has 3 amide bonds. The molecule has 1 saturated heterocycles. The molecule has 55 heavy (non-hydrogen) atoms.